The van der Waals surface area contributed by atoms with Gasteiger partial charge in [0.25, 0.3) is 0 Å². The predicted molar refractivity (Wildman–Crippen MR) is 119 cm³/mol. The molecule has 2 rings (SSSR count). The first-order valence-electron chi connectivity index (χ1n) is 10.1. The number of hydrogen-bond donors (Lipinski definition) is 1. The summed E-state index contributed by atoms with van der Waals surface area (Å²) < 4.78 is 0. The van der Waals surface area contributed by atoms with Gasteiger partial charge in [-0.2, -0.15) is 0 Å². The largest absolute Gasteiger partial charge is 0.337 e. The van der Waals surface area contributed by atoms with Gasteiger partial charge >= 0.3 is 0 Å². The number of aryl methyl sites for hydroxylation is 3. The molecule has 0 heterocycles. The number of anilines is 1. The lowest BCUT2D eigenvalue weighted by molar-refractivity contribution is -0.136. The van der Waals surface area contributed by atoms with E-state index in [1.165, 1.54) is 5.56 Å². The van der Waals surface area contributed by atoms with Gasteiger partial charge in [-0.15, -0.1) is 0 Å². The van der Waals surface area contributed by atoms with Crippen LogP contribution in [0.15, 0.2) is 42.5 Å². The Kier molecular flexibility index (Phi) is 7.97. The van der Waals surface area contributed by atoms with E-state index in [1.54, 1.807) is 4.90 Å². The number of carbonyl (C=O) groups excluding carboxylic acids is 2. The monoisotopic (exact) mass is 395 g/mol. The lowest BCUT2D eigenvalue weighted by atomic mass is 10.1. The van der Waals surface area contributed by atoms with Crippen LogP contribution in [0.4, 0.5) is 5.69 Å². The molecule has 0 saturated carbocycles. The highest BCUT2D eigenvalue weighted by Gasteiger charge is 2.24. The van der Waals surface area contributed by atoms with Crippen LogP contribution >= 0.6 is 0 Å². The van der Waals surface area contributed by atoms with Crippen LogP contribution in [0.3, 0.4) is 0 Å². The summed E-state index contributed by atoms with van der Waals surface area (Å²) in [5.74, 6) is -0.0948. The Morgan fingerprint density at radius 2 is 1.62 bits per heavy atom. The maximum absolute atomic E-state index is 13.0. The van der Waals surface area contributed by atoms with Crippen LogP contribution in [0.5, 0.6) is 0 Å². The van der Waals surface area contributed by atoms with Crippen LogP contribution in [-0.4, -0.2) is 47.8 Å². The van der Waals surface area contributed by atoms with Crippen molar-refractivity contribution in [2.24, 2.45) is 0 Å². The quantitative estimate of drug-likeness (QED) is 0.737. The fourth-order valence-electron chi connectivity index (χ4n) is 3.52. The summed E-state index contributed by atoms with van der Waals surface area (Å²) in [6, 6.07) is 13.7. The molecule has 0 fully saturated rings. The maximum atomic E-state index is 13.0. The number of nitrogens with one attached hydrogen (secondary N) is 1. The fourth-order valence-corrected chi connectivity index (χ4v) is 3.52. The van der Waals surface area contributed by atoms with Gasteiger partial charge in [-0.25, -0.2) is 0 Å². The average molecular weight is 396 g/mol. The zero-order chi connectivity index (χ0) is 21.6. The van der Waals surface area contributed by atoms with Gasteiger partial charge in [0.15, 0.2) is 0 Å². The van der Waals surface area contributed by atoms with Gasteiger partial charge in [-0.3, -0.25) is 14.5 Å². The second kappa shape index (κ2) is 10.2. The molecule has 29 heavy (non-hydrogen) atoms. The van der Waals surface area contributed by atoms with Crippen molar-refractivity contribution < 1.29 is 9.59 Å². The van der Waals surface area contributed by atoms with Crippen LogP contribution in [0.25, 0.3) is 0 Å². The molecular formula is C24H33N3O2. The molecule has 0 unspecified atom stereocenters. The van der Waals surface area contributed by atoms with Crippen molar-refractivity contribution in [3.63, 3.8) is 0 Å². The summed E-state index contributed by atoms with van der Waals surface area (Å²) in [4.78, 5) is 29.2. The van der Waals surface area contributed by atoms with Gasteiger partial charge in [0.1, 0.15) is 0 Å². The summed E-state index contributed by atoms with van der Waals surface area (Å²) in [6.07, 6.45) is 0. The van der Waals surface area contributed by atoms with Crippen molar-refractivity contribution in [2.75, 3.05) is 25.5 Å². The number of benzene rings is 2. The zero-order valence-corrected chi connectivity index (χ0v) is 18.5. The maximum Gasteiger partial charge on any atom is 0.239 e. The number of carbonyl (C=O) groups is 2. The van der Waals surface area contributed by atoms with E-state index in [0.29, 0.717) is 13.1 Å². The first-order chi connectivity index (χ1) is 13.7. The number of amides is 2. The molecule has 0 aromatic heterocycles. The van der Waals surface area contributed by atoms with E-state index in [-0.39, 0.29) is 24.4 Å². The first kappa shape index (κ1) is 22.6. The minimum absolute atomic E-state index is 0.0225. The highest BCUT2D eigenvalue weighted by molar-refractivity contribution is 5.94. The van der Waals surface area contributed by atoms with Gasteiger partial charge in [0.05, 0.1) is 12.6 Å². The third kappa shape index (κ3) is 6.16. The van der Waals surface area contributed by atoms with Crippen LogP contribution in [-0.2, 0) is 16.1 Å². The van der Waals surface area contributed by atoms with Crippen LogP contribution < -0.4 is 5.32 Å². The Bertz CT molecular complexity index is 825. The Morgan fingerprint density at radius 3 is 2.17 bits per heavy atom. The Labute approximate surface area is 174 Å². The summed E-state index contributed by atoms with van der Waals surface area (Å²) in [7, 11) is 1.81. The normalized spacial score (nSPS) is 12.0. The first-order valence-corrected chi connectivity index (χ1v) is 10.1. The van der Waals surface area contributed by atoms with Crippen molar-refractivity contribution in [3.05, 3.63) is 64.7 Å². The fraction of sp³-hybridized carbons (Fsp3) is 0.417. The molecule has 5 nitrogen and oxygen atoms in total. The highest BCUT2D eigenvalue weighted by Crippen LogP contribution is 2.22. The molecule has 0 aliphatic carbocycles. The molecule has 0 spiro atoms. The van der Waals surface area contributed by atoms with Crippen molar-refractivity contribution in [3.8, 4) is 0 Å². The molecule has 1 N–H and O–H groups in total. The van der Waals surface area contributed by atoms with Crippen LogP contribution in [0, 0.1) is 20.8 Å². The molecule has 1 atom stereocenters. The molecule has 5 heteroatoms. The Hall–Kier alpha value is -2.66. The van der Waals surface area contributed by atoms with Gasteiger partial charge in [-0.05, 0) is 58.4 Å². The number of likely N-dealkylation sites (N-methyl/N-ethyl adjacent to an activating group) is 2. The number of hydrogen-bond acceptors (Lipinski definition) is 3. The minimum atomic E-state index is -0.385. The van der Waals surface area contributed by atoms with E-state index < -0.39 is 0 Å². The molecule has 0 aliphatic heterocycles. The third-order valence-electron chi connectivity index (χ3n) is 5.26. The van der Waals surface area contributed by atoms with E-state index in [2.05, 4.69) is 17.4 Å². The molecule has 2 aromatic rings. The summed E-state index contributed by atoms with van der Waals surface area (Å²) in [5.41, 5.74) is 5.21. The third-order valence-corrected chi connectivity index (χ3v) is 5.26. The minimum Gasteiger partial charge on any atom is -0.337 e. The van der Waals surface area contributed by atoms with Gasteiger partial charge in [0.2, 0.25) is 11.8 Å². The van der Waals surface area contributed by atoms with Crippen molar-refractivity contribution in [1.82, 2.24) is 9.80 Å². The molecule has 2 amide bonds. The molecule has 0 bridgehead atoms. The van der Waals surface area contributed by atoms with Crippen molar-refractivity contribution >= 4 is 17.5 Å². The van der Waals surface area contributed by atoms with Gasteiger partial charge in [-0.1, -0.05) is 48.0 Å². The van der Waals surface area contributed by atoms with Gasteiger partial charge < -0.3 is 10.2 Å². The molecule has 0 aliphatic rings. The lowest BCUT2D eigenvalue weighted by Crippen LogP contribution is -2.47. The zero-order valence-electron chi connectivity index (χ0n) is 18.5. The summed E-state index contributed by atoms with van der Waals surface area (Å²) >= 11 is 0. The Morgan fingerprint density at radius 1 is 1.03 bits per heavy atom. The summed E-state index contributed by atoms with van der Waals surface area (Å²) in [6.45, 7) is 11.2. The van der Waals surface area contributed by atoms with Crippen molar-refractivity contribution in [2.45, 2.75) is 47.2 Å². The SMILES string of the molecule is CCN(Cc1ccccc1)C(=O)[C@@H](C)N(C)CC(=O)Nc1c(C)cc(C)cc1C. The van der Waals surface area contributed by atoms with Gasteiger partial charge in [0, 0.05) is 18.8 Å². The van der Waals surface area contributed by atoms with E-state index in [1.807, 2.05) is 76.9 Å². The molecule has 2 aromatic carbocycles. The van der Waals surface area contributed by atoms with E-state index in [9.17, 15) is 9.59 Å². The smallest absolute Gasteiger partial charge is 0.239 e. The van der Waals surface area contributed by atoms with Crippen molar-refractivity contribution in [1.29, 1.82) is 0 Å². The van der Waals surface area contributed by atoms with Crippen LogP contribution in [0.1, 0.15) is 36.1 Å². The molecule has 156 valence electrons. The van der Waals surface area contributed by atoms with E-state index in [0.717, 1.165) is 22.4 Å². The molecule has 0 radical (unpaired) electrons. The highest BCUT2D eigenvalue weighted by atomic mass is 16.2. The van der Waals surface area contributed by atoms with E-state index >= 15 is 0 Å². The average Bonchev–Trinajstić information content (AvgIpc) is 2.68. The second-order valence-electron chi connectivity index (χ2n) is 7.75. The van der Waals surface area contributed by atoms with Crippen LogP contribution in [0.2, 0.25) is 0 Å². The number of nitrogens with zero attached hydrogens (tertiary/aromatic N) is 2. The molecular weight excluding hydrogens is 362 g/mol. The predicted octanol–water partition coefficient (Wildman–Crippen LogP) is 3.92. The number of rotatable bonds is 8. The summed E-state index contributed by atoms with van der Waals surface area (Å²) in [5, 5.41) is 3.01. The van der Waals surface area contributed by atoms with E-state index in [4.69, 9.17) is 0 Å². The lowest BCUT2D eigenvalue weighted by Gasteiger charge is -2.29. The second-order valence-corrected chi connectivity index (χ2v) is 7.75. The molecule has 0 saturated heterocycles. The Balaban J connectivity index is 1.99. The standard InChI is InChI=1S/C24H33N3O2/c1-7-27(15-21-11-9-8-10-12-21)24(29)20(5)26(6)16-22(28)25-23-18(3)13-17(2)14-19(23)4/h8-14,20H,7,15-16H2,1-6H3,(H,25,28)/t20-/m1/s1. The topological polar surface area (TPSA) is 52.7 Å².